The number of hydrogen-bond acceptors (Lipinski definition) is 3. The van der Waals surface area contributed by atoms with Crippen LogP contribution in [-0.4, -0.2) is 25.6 Å². The third-order valence-electron chi connectivity index (χ3n) is 2.15. The number of hydrogen-bond donors (Lipinski definition) is 2. The minimum atomic E-state index is -0.0224. The quantitative estimate of drug-likeness (QED) is 0.727. The molecule has 0 aliphatic carbocycles. The van der Waals surface area contributed by atoms with E-state index in [1.807, 2.05) is 38.1 Å². The summed E-state index contributed by atoms with van der Waals surface area (Å²) in [5.41, 5.74) is 1.83. The van der Waals surface area contributed by atoms with Gasteiger partial charge in [-0.15, -0.1) is 0 Å². The summed E-state index contributed by atoms with van der Waals surface area (Å²) in [4.78, 5) is 11.3. The van der Waals surface area contributed by atoms with E-state index in [4.69, 9.17) is 4.74 Å². The summed E-state index contributed by atoms with van der Waals surface area (Å²) in [6, 6.07) is 7.52. The van der Waals surface area contributed by atoms with Crippen molar-refractivity contribution in [2.24, 2.45) is 0 Å². The molecule has 1 rings (SSSR count). The summed E-state index contributed by atoms with van der Waals surface area (Å²) in [7, 11) is 0. The average Bonchev–Trinajstić information content (AvgIpc) is 2.35. The fourth-order valence-corrected chi connectivity index (χ4v) is 1.34. The van der Waals surface area contributed by atoms with Crippen LogP contribution in [0.25, 0.3) is 0 Å². The lowest BCUT2D eigenvalue weighted by Gasteiger charge is -2.09. The molecule has 4 nitrogen and oxygen atoms in total. The molecule has 0 radical (unpaired) electrons. The fraction of sp³-hybridized carbons (Fsp3) is 0.357. The van der Waals surface area contributed by atoms with Crippen molar-refractivity contribution in [3.8, 4) is 5.75 Å². The van der Waals surface area contributed by atoms with E-state index in [1.54, 1.807) is 0 Å². The highest BCUT2D eigenvalue weighted by Crippen LogP contribution is 2.17. The van der Waals surface area contributed by atoms with Crippen molar-refractivity contribution in [2.45, 2.75) is 13.8 Å². The summed E-state index contributed by atoms with van der Waals surface area (Å²) in [5.74, 6) is 0.740. The largest absolute Gasteiger partial charge is 0.489 e. The van der Waals surface area contributed by atoms with Gasteiger partial charge in [0.25, 0.3) is 0 Å². The first-order chi connectivity index (χ1) is 8.61. The van der Waals surface area contributed by atoms with Crippen LogP contribution >= 0.6 is 0 Å². The van der Waals surface area contributed by atoms with Crippen LogP contribution in [0.4, 0.5) is 5.69 Å². The fourth-order valence-electron chi connectivity index (χ4n) is 1.34. The molecule has 0 saturated carbocycles. The lowest BCUT2D eigenvalue weighted by Crippen LogP contribution is -2.29. The van der Waals surface area contributed by atoms with Crippen molar-refractivity contribution in [3.63, 3.8) is 0 Å². The van der Waals surface area contributed by atoms with E-state index < -0.39 is 0 Å². The topological polar surface area (TPSA) is 50.4 Å². The molecule has 4 heteroatoms. The third-order valence-corrected chi connectivity index (χ3v) is 2.15. The van der Waals surface area contributed by atoms with E-state index in [0.717, 1.165) is 17.0 Å². The second-order valence-corrected chi connectivity index (χ2v) is 4.08. The van der Waals surface area contributed by atoms with Gasteiger partial charge in [-0.1, -0.05) is 12.6 Å². The molecule has 0 atom stereocenters. The maximum Gasteiger partial charge on any atom is 0.239 e. The molecule has 0 bridgehead atoms. The Morgan fingerprint density at radius 3 is 2.89 bits per heavy atom. The molecule has 0 spiro atoms. The number of nitrogens with one attached hydrogen (secondary N) is 2. The molecule has 0 aliphatic heterocycles. The maximum absolute atomic E-state index is 11.3. The summed E-state index contributed by atoms with van der Waals surface area (Å²) in [5, 5.41) is 5.77. The molecule has 98 valence electrons. The molecular formula is C14H20N2O2. The smallest absolute Gasteiger partial charge is 0.239 e. The van der Waals surface area contributed by atoms with Gasteiger partial charge in [-0.25, -0.2) is 0 Å². The number of ether oxygens (including phenoxy) is 1. The number of rotatable bonds is 7. The van der Waals surface area contributed by atoms with Gasteiger partial charge in [0.2, 0.25) is 5.91 Å². The van der Waals surface area contributed by atoms with Crippen LogP contribution in [0.5, 0.6) is 5.75 Å². The number of likely N-dealkylation sites (N-methyl/N-ethyl adjacent to an activating group) is 1. The van der Waals surface area contributed by atoms with E-state index in [-0.39, 0.29) is 12.5 Å². The molecule has 0 aliphatic rings. The third kappa shape index (κ3) is 5.39. The molecule has 0 fully saturated rings. The first-order valence-corrected chi connectivity index (χ1v) is 5.99. The van der Waals surface area contributed by atoms with Crippen molar-refractivity contribution >= 4 is 11.6 Å². The van der Waals surface area contributed by atoms with Crippen molar-refractivity contribution < 1.29 is 9.53 Å². The first kappa shape index (κ1) is 14.1. The molecule has 1 aromatic carbocycles. The molecule has 1 amide bonds. The van der Waals surface area contributed by atoms with Crippen molar-refractivity contribution in [1.29, 1.82) is 0 Å². The number of carbonyl (C=O) groups is 1. The van der Waals surface area contributed by atoms with Crippen LogP contribution < -0.4 is 15.4 Å². The van der Waals surface area contributed by atoms with Crippen LogP contribution in [0.15, 0.2) is 36.4 Å². The Kier molecular flexibility index (Phi) is 5.77. The molecule has 0 heterocycles. The molecule has 0 aromatic heterocycles. The van der Waals surface area contributed by atoms with E-state index >= 15 is 0 Å². The van der Waals surface area contributed by atoms with Crippen LogP contribution in [-0.2, 0) is 4.79 Å². The zero-order chi connectivity index (χ0) is 13.4. The predicted octanol–water partition coefficient (Wildman–Crippen LogP) is 2.19. The lowest BCUT2D eigenvalue weighted by atomic mass is 10.3. The normalized spacial score (nSPS) is 9.67. The van der Waals surface area contributed by atoms with Crippen molar-refractivity contribution in [2.75, 3.05) is 25.0 Å². The highest BCUT2D eigenvalue weighted by Gasteiger charge is 2.00. The Morgan fingerprint density at radius 2 is 2.22 bits per heavy atom. The van der Waals surface area contributed by atoms with E-state index in [9.17, 15) is 4.79 Å². The van der Waals surface area contributed by atoms with Crippen molar-refractivity contribution in [1.82, 2.24) is 5.32 Å². The van der Waals surface area contributed by atoms with Gasteiger partial charge in [-0.05, 0) is 31.6 Å². The van der Waals surface area contributed by atoms with Gasteiger partial charge in [0.1, 0.15) is 12.4 Å². The summed E-state index contributed by atoms with van der Waals surface area (Å²) >= 11 is 0. The summed E-state index contributed by atoms with van der Waals surface area (Å²) in [6.45, 7) is 8.99. The highest BCUT2D eigenvalue weighted by molar-refractivity contribution is 5.80. The highest BCUT2D eigenvalue weighted by atomic mass is 16.5. The number of benzene rings is 1. The van der Waals surface area contributed by atoms with E-state index in [2.05, 4.69) is 17.2 Å². The summed E-state index contributed by atoms with van der Waals surface area (Å²) in [6.07, 6.45) is 0. The zero-order valence-electron chi connectivity index (χ0n) is 11.0. The minimum Gasteiger partial charge on any atom is -0.489 e. The second-order valence-electron chi connectivity index (χ2n) is 4.08. The Morgan fingerprint density at radius 1 is 1.44 bits per heavy atom. The molecular weight excluding hydrogens is 228 g/mol. The van der Waals surface area contributed by atoms with Crippen LogP contribution in [0.1, 0.15) is 13.8 Å². The number of amides is 1. The van der Waals surface area contributed by atoms with Gasteiger partial charge in [0.15, 0.2) is 0 Å². The SMILES string of the molecule is C=C(C)COc1cccc(NCC(=O)NCC)c1. The maximum atomic E-state index is 11.3. The van der Waals surface area contributed by atoms with Gasteiger partial charge in [0.05, 0.1) is 6.54 Å². The van der Waals surface area contributed by atoms with Crippen LogP contribution in [0.2, 0.25) is 0 Å². The molecule has 2 N–H and O–H groups in total. The van der Waals surface area contributed by atoms with Gasteiger partial charge in [-0.3, -0.25) is 4.79 Å². The van der Waals surface area contributed by atoms with Gasteiger partial charge in [-0.2, -0.15) is 0 Å². The summed E-state index contributed by atoms with van der Waals surface area (Å²) < 4.78 is 5.52. The van der Waals surface area contributed by atoms with Crippen LogP contribution in [0, 0.1) is 0 Å². The first-order valence-electron chi connectivity index (χ1n) is 5.99. The number of carbonyl (C=O) groups excluding carboxylic acids is 1. The molecule has 1 aromatic rings. The Bertz CT molecular complexity index is 416. The monoisotopic (exact) mass is 248 g/mol. The van der Waals surface area contributed by atoms with Crippen LogP contribution in [0.3, 0.4) is 0 Å². The van der Waals surface area contributed by atoms with Crippen molar-refractivity contribution in [3.05, 3.63) is 36.4 Å². The van der Waals surface area contributed by atoms with E-state index in [0.29, 0.717) is 13.2 Å². The zero-order valence-corrected chi connectivity index (χ0v) is 11.0. The van der Waals surface area contributed by atoms with E-state index in [1.165, 1.54) is 0 Å². The van der Waals surface area contributed by atoms with Gasteiger partial charge < -0.3 is 15.4 Å². The Hall–Kier alpha value is -1.97. The predicted molar refractivity (Wildman–Crippen MR) is 73.9 cm³/mol. The molecule has 18 heavy (non-hydrogen) atoms. The Labute approximate surface area is 108 Å². The standard InChI is InChI=1S/C14H20N2O2/c1-4-15-14(17)9-16-12-6-5-7-13(8-12)18-10-11(2)3/h5-8,16H,2,4,9-10H2,1,3H3,(H,15,17). The minimum absolute atomic E-state index is 0.0224. The lowest BCUT2D eigenvalue weighted by molar-refractivity contribution is -0.119. The molecule has 0 unspecified atom stereocenters. The molecule has 0 saturated heterocycles. The second kappa shape index (κ2) is 7.37. The van der Waals surface area contributed by atoms with Gasteiger partial charge >= 0.3 is 0 Å². The Balaban J connectivity index is 2.48. The number of anilines is 1. The van der Waals surface area contributed by atoms with Gasteiger partial charge in [0, 0.05) is 18.3 Å². The average molecular weight is 248 g/mol.